The molecule has 41 heavy (non-hydrogen) atoms. The van der Waals surface area contributed by atoms with Crippen molar-refractivity contribution in [2.45, 2.75) is 95.9 Å². The fourth-order valence-corrected chi connectivity index (χ4v) is 5.08. The van der Waals surface area contributed by atoms with Crippen molar-refractivity contribution < 1.29 is 34.5 Å². The Morgan fingerprint density at radius 3 is 2.66 bits per heavy atom. The van der Waals surface area contributed by atoms with Gasteiger partial charge in [0.05, 0.1) is 18.8 Å². The number of hydrogen-bond donors (Lipinski definition) is 3. The zero-order valence-electron chi connectivity index (χ0n) is 24.1. The fraction of sp³-hybridized carbons (Fsp3) is 0.613. The summed E-state index contributed by atoms with van der Waals surface area (Å²) in [5, 5.41) is 33.6. The van der Waals surface area contributed by atoms with E-state index in [4.69, 9.17) is 4.74 Å². The summed E-state index contributed by atoms with van der Waals surface area (Å²) in [5.74, 6) is -0.757. The summed E-state index contributed by atoms with van der Waals surface area (Å²) in [6.07, 6.45) is 11.7. The molecule has 0 bridgehead atoms. The molecule has 10 heteroatoms. The Morgan fingerprint density at radius 1 is 1.15 bits per heavy atom. The summed E-state index contributed by atoms with van der Waals surface area (Å²) in [5.41, 5.74) is 1.15. The van der Waals surface area contributed by atoms with Crippen molar-refractivity contribution >= 4 is 11.9 Å². The number of benzene rings is 1. The standard InChI is InChI=1S/C31H46N2O8/c1-2-32-30(36)16-10-4-3-9-15-27-26(21-20-25(34)19-18-24-13-7-5-8-14-24)28(35)23-29(27)41-31(37)17-11-6-12-22-40-33(38)39/h3,5,7-9,13-14,20-21,25-29,34-35H,2,4,6,10-12,15-19,22-23H2,1H3,(H,32,36)/b9-3-,21-20+/t25-,26+,27+,28+,29-/m0/s1. The van der Waals surface area contributed by atoms with Gasteiger partial charge in [0.15, 0.2) is 0 Å². The van der Waals surface area contributed by atoms with Crippen LogP contribution in [0.2, 0.25) is 0 Å². The second kappa shape index (κ2) is 19.8. The van der Waals surface area contributed by atoms with Gasteiger partial charge in [0.2, 0.25) is 5.91 Å². The van der Waals surface area contributed by atoms with Crippen LogP contribution in [0.3, 0.4) is 0 Å². The Hall–Kier alpha value is -3.24. The lowest BCUT2D eigenvalue weighted by molar-refractivity contribution is -0.757. The molecule has 10 nitrogen and oxygen atoms in total. The zero-order chi connectivity index (χ0) is 29.9. The van der Waals surface area contributed by atoms with Gasteiger partial charge in [-0.15, -0.1) is 10.1 Å². The lowest BCUT2D eigenvalue weighted by atomic mass is 9.89. The topological polar surface area (TPSA) is 148 Å². The molecule has 228 valence electrons. The number of amides is 1. The Bertz CT molecular complexity index is 968. The molecule has 0 aromatic heterocycles. The molecule has 1 fully saturated rings. The SMILES string of the molecule is CCNC(=O)CCC/C=C\C[C@@H]1[C@@H](/C=C/[C@@H](O)CCc2ccccc2)[C@H](O)C[C@@H]1OC(=O)CCCCCO[N+](=O)[O-]. The molecule has 0 saturated heterocycles. The van der Waals surface area contributed by atoms with Crippen molar-refractivity contribution in [3.63, 3.8) is 0 Å². The smallest absolute Gasteiger partial charge is 0.306 e. The van der Waals surface area contributed by atoms with Gasteiger partial charge in [-0.25, -0.2) is 0 Å². The first-order valence-corrected chi connectivity index (χ1v) is 14.8. The Labute approximate surface area is 242 Å². The lowest BCUT2D eigenvalue weighted by Gasteiger charge is -2.23. The van der Waals surface area contributed by atoms with Gasteiger partial charge >= 0.3 is 5.97 Å². The van der Waals surface area contributed by atoms with Gasteiger partial charge in [-0.1, -0.05) is 61.1 Å². The van der Waals surface area contributed by atoms with Crippen LogP contribution in [0, 0.1) is 22.0 Å². The average molecular weight is 575 g/mol. The minimum Gasteiger partial charge on any atom is -0.462 e. The second-order valence-corrected chi connectivity index (χ2v) is 10.5. The maximum Gasteiger partial charge on any atom is 0.306 e. The average Bonchev–Trinajstić information content (AvgIpc) is 3.23. The second-order valence-electron chi connectivity index (χ2n) is 10.5. The quantitative estimate of drug-likeness (QED) is 0.0679. The Morgan fingerprint density at radius 2 is 1.93 bits per heavy atom. The van der Waals surface area contributed by atoms with E-state index in [-0.39, 0.29) is 36.7 Å². The third-order valence-corrected chi connectivity index (χ3v) is 7.25. The molecule has 0 spiro atoms. The van der Waals surface area contributed by atoms with Crippen LogP contribution in [0.5, 0.6) is 0 Å². The van der Waals surface area contributed by atoms with Crippen LogP contribution in [0.4, 0.5) is 0 Å². The van der Waals surface area contributed by atoms with Crippen molar-refractivity contribution in [2.24, 2.45) is 11.8 Å². The van der Waals surface area contributed by atoms with E-state index in [2.05, 4.69) is 10.2 Å². The van der Waals surface area contributed by atoms with E-state index in [1.165, 1.54) is 0 Å². The number of carbonyl (C=O) groups is 2. The predicted molar refractivity (Wildman–Crippen MR) is 155 cm³/mol. The van der Waals surface area contributed by atoms with Gasteiger partial charge in [0.1, 0.15) is 6.10 Å². The Kier molecular flexibility index (Phi) is 16.4. The van der Waals surface area contributed by atoms with Crippen molar-refractivity contribution in [1.29, 1.82) is 0 Å². The molecule has 0 radical (unpaired) electrons. The Balaban J connectivity index is 1.93. The highest BCUT2D eigenvalue weighted by molar-refractivity contribution is 5.75. The van der Waals surface area contributed by atoms with Gasteiger partial charge in [-0.2, -0.15) is 0 Å². The fourth-order valence-electron chi connectivity index (χ4n) is 5.08. The molecule has 1 aliphatic carbocycles. The summed E-state index contributed by atoms with van der Waals surface area (Å²) in [7, 11) is 0. The number of aliphatic hydroxyl groups excluding tert-OH is 2. The van der Waals surface area contributed by atoms with Gasteiger partial charge in [0.25, 0.3) is 5.09 Å². The summed E-state index contributed by atoms with van der Waals surface area (Å²) < 4.78 is 5.80. The lowest BCUT2D eigenvalue weighted by Crippen LogP contribution is -2.25. The normalized spacial score (nSPS) is 21.2. The molecule has 1 aliphatic rings. The monoisotopic (exact) mass is 574 g/mol. The van der Waals surface area contributed by atoms with E-state index >= 15 is 0 Å². The van der Waals surface area contributed by atoms with E-state index in [0.717, 1.165) is 24.8 Å². The first-order valence-electron chi connectivity index (χ1n) is 14.8. The van der Waals surface area contributed by atoms with Gasteiger partial charge < -0.3 is 25.1 Å². The largest absolute Gasteiger partial charge is 0.462 e. The highest BCUT2D eigenvalue weighted by Gasteiger charge is 2.42. The molecule has 2 rings (SSSR count). The number of aryl methyl sites for hydroxylation is 1. The molecule has 1 aromatic carbocycles. The van der Waals surface area contributed by atoms with E-state index in [0.29, 0.717) is 51.5 Å². The number of carbonyl (C=O) groups excluding carboxylic acids is 2. The minimum atomic E-state index is -0.829. The van der Waals surface area contributed by atoms with Crippen LogP contribution < -0.4 is 5.32 Å². The van der Waals surface area contributed by atoms with E-state index < -0.39 is 23.4 Å². The molecular formula is C31H46N2O8. The molecule has 1 aromatic rings. The molecule has 0 heterocycles. The number of hydrogen-bond acceptors (Lipinski definition) is 8. The number of unbranched alkanes of at least 4 members (excludes halogenated alkanes) is 3. The highest BCUT2D eigenvalue weighted by atomic mass is 16.9. The maximum atomic E-state index is 12.6. The third kappa shape index (κ3) is 14.3. The first kappa shape index (κ1) is 34.0. The molecule has 1 amide bonds. The molecule has 1 saturated carbocycles. The highest BCUT2D eigenvalue weighted by Crippen LogP contribution is 2.38. The summed E-state index contributed by atoms with van der Waals surface area (Å²) in [6.45, 7) is 2.50. The molecule has 0 aliphatic heterocycles. The predicted octanol–water partition coefficient (Wildman–Crippen LogP) is 4.47. The minimum absolute atomic E-state index is 0.000233. The van der Waals surface area contributed by atoms with Crippen LogP contribution in [0.25, 0.3) is 0 Å². The van der Waals surface area contributed by atoms with Crippen LogP contribution in [-0.2, 0) is 25.6 Å². The van der Waals surface area contributed by atoms with Crippen molar-refractivity contribution in [3.05, 3.63) is 70.3 Å². The van der Waals surface area contributed by atoms with Crippen LogP contribution in [0.15, 0.2) is 54.6 Å². The zero-order valence-corrected chi connectivity index (χ0v) is 24.1. The number of nitrogens with zero attached hydrogens (tertiary/aromatic N) is 1. The number of nitrogens with one attached hydrogen (secondary N) is 1. The van der Waals surface area contributed by atoms with Crippen molar-refractivity contribution in [1.82, 2.24) is 5.32 Å². The van der Waals surface area contributed by atoms with Gasteiger partial charge in [0, 0.05) is 37.6 Å². The third-order valence-electron chi connectivity index (χ3n) is 7.25. The van der Waals surface area contributed by atoms with Gasteiger partial charge in [-0.3, -0.25) is 9.59 Å². The van der Waals surface area contributed by atoms with E-state index in [1.54, 1.807) is 6.08 Å². The van der Waals surface area contributed by atoms with Crippen LogP contribution in [0.1, 0.15) is 76.7 Å². The molecule has 0 unspecified atom stereocenters. The number of rotatable bonds is 20. The summed E-state index contributed by atoms with van der Waals surface area (Å²) in [6, 6.07) is 9.94. The van der Waals surface area contributed by atoms with E-state index in [1.807, 2.05) is 55.5 Å². The first-order chi connectivity index (χ1) is 19.8. The molecule has 3 N–H and O–H groups in total. The summed E-state index contributed by atoms with van der Waals surface area (Å²) >= 11 is 0. The molecule has 5 atom stereocenters. The van der Waals surface area contributed by atoms with Gasteiger partial charge in [-0.05, 0) is 57.4 Å². The van der Waals surface area contributed by atoms with E-state index in [9.17, 15) is 29.9 Å². The van der Waals surface area contributed by atoms with Crippen LogP contribution in [-0.4, -0.2) is 58.6 Å². The number of aliphatic hydroxyl groups is 2. The van der Waals surface area contributed by atoms with Crippen molar-refractivity contribution in [3.8, 4) is 0 Å². The van der Waals surface area contributed by atoms with Crippen LogP contribution >= 0.6 is 0 Å². The number of esters is 1. The number of ether oxygens (including phenoxy) is 1. The van der Waals surface area contributed by atoms with Crippen molar-refractivity contribution in [2.75, 3.05) is 13.2 Å². The number of allylic oxidation sites excluding steroid dienone is 2. The molecular weight excluding hydrogens is 528 g/mol. The maximum absolute atomic E-state index is 12.6. The summed E-state index contributed by atoms with van der Waals surface area (Å²) in [4.78, 5) is 38.7.